The van der Waals surface area contributed by atoms with Crippen LogP contribution in [0.3, 0.4) is 0 Å². The fourth-order valence-electron chi connectivity index (χ4n) is 2.48. The Bertz CT molecular complexity index is 578. The molecular weight excluding hydrogens is 272 g/mol. The smallest absolute Gasteiger partial charge is 0.317 e. The Morgan fingerprint density at radius 1 is 1.60 bits per heavy atom. The minimum absolute atomic E-state index is 0.0227. The summed E-state index contributed by atoms with van der Waals surface area (Å²) in [5, 5.41) is 5.16. The van der Waals surface area contributed by atoms with Crippen molar-refractivity contribution in [3.63, 3.8) is 0 Å². The second-order valence-corrected chi connectivity index (χ2v) is 6.15. The number of nitrogens with one attached hydrogen (secondary N) is 1. The summed E-state index contributed by atoms with van der Waals surface area (Å²) in [4.78, 5) is 19.6. The van der Waals surface area contributed by atoms with Crippen molar-refractivity contribution in [3.8, 4) is 0 Å². The lowest BCUT2D eigenvalue weighted by atomic mass is 10.1. The number of hydrogen-bond donors (Lipinski definition) is 1. The summed E-state index contributed by atoms with van der Waals surface area (Å²) in [6.07, 6.45) is 6.38. The van der Waals surface area contributed by atoms with Crippen LogP contribution >= 0.6 is 11.3 Å². The molecule has 2 aromatic heterocycles. The minimum atomic E-state index is 0.0227. The van der Waals surface area contributed by atoms with Gasteiger partial charge in [-0.2, -0.15) is 0 Å². The number of hydrogen-bond acceptors (Lipinski definition) is 3. The number of rotatable bonds is 3. The molecule has 0 fully saturated rings. The predicted molar refractivity (Wildman–Crippen MR) is 78.7 cm³/mol. The second kappa shape index (κ2) is 5.66. The molecule has 0 spiro atoms. The van der Waals surface area contributed by atoms with Crippen molar-refractivity contribution < 1.29 is 4.79 Å². The molecule has 3 rings (SSSR count). The number of aromatic nitrogens is 2. The first-order valence-corrected chi connectivity index (χ1v) is 7.67. The van der Waals surface area contributed by atoms with Crippen LogP contribution in [0, 0.1) is 0 Å². The molecule has 1 aliphatic heterocycles. The molecule has 0 aromatic carbocycles. The van der Waals surface area contributed by atoms with Gasteiger partial charge in [0.25, 0.3) is 0 Å². The summed E-state index contributed by atoms with van der Waals surface area (Å²) in [5.41, 5.74) is 1.29. The van der Waals surface area contributed by atoms with Crippen LogP contribution in [0.15, 0.2) is 30.2 Å². The number of fused-ring (bicyclic) bond motifs is 1. The lowest BCUT2D eigenvalue weighted by molar-refractivity contribution is 0.188. The number of amides is 2. The van der Waals surface area contributed by atoms with Gasteiger partial charge in [0.05, 0.1) is 6.33 Å². The Hall–Kier alpha value is -1.82. The van der Waals surface area contributed by atoms with E-state index in [9.17, 15) is 4.79 Å². The van der Waals surface area contributed by atoms with Crippen molar-refractivity contribution in [1.82, 2.24) is 19.8 Å². The Labute approximate surface area is 122 Å². The van der Waals surface area contributed by atoms with Crippen molar-refractivity contribution in [1.29, 1.82) is 0 Å². The predicted octanol–water partition coefficient (Wildman–Crippen LogP) is 2.10. The zero-order chi connectivity index (χ0) is 13.9. The summed E-state index contributed by atoms with van der Waals surface area (Å²) in [5.74, 6) is 0. The number of urea groups is 1. The maximum absolute atomic E-state index is 12.3. The summed E-state index contributed by atoms with van der Waals surface area (Å²) in [6.45, 7) is 4.28. The molecule has 0 saturated heterocycles. The lowest BCUT2D eigenvalue weighted by Crippen LogP contribution is -2.46. The highest BCUT2D eigenvalue weighted by molar-refractivity contribution is 7.10. The third kappa shape index (κ3) is 2.85. The van der Waals surface area contributed by atoms with Gasteiger partial charge in [-0.05, 0) is 30.4 Å². The van der Waals surface area contributed by atoms with Gasteiger partial charge in [-0.1, -0.05) is 0 Å². The van der Waals surface area contributed by atoms with Crippen LogP contribution in [0.1, 0.15) is 17.4 Å². The van der Waals surface area contributed by atoms with Gasteiger partial charge in [0.1, 0.15) is 0 Å². The van der Waals surface area contributed by atoms with Gasteiger partial charge in [0, 0.05) is 42.9 Å². The molecule has 0 saturated carbocycles. The fraction of sp³-hybridized carbons (Fsp3) is 0.429. The van der Waals surface area contributed by atoms with E-state index in [1.165, 1.54) is 10.4 Å². The molecule has 0 aliphatic carbocycles. The number of carbonyl (C=O) groups is 1. The normalized spacial score (nSPS) is 15.8. The van der Waals surface area contributed by atoms with E-state index >= 15 is 0 Å². The number of carbonyl (C=O) groups excluding carboxylic acids is 1. The van der Waals surface area contributed by atoms with E-state index in [-0.39, 0.29) is 12.1 Å². The van der Waals surface area contributed by atoms with E-state index in [0.717, 1.165) is 26.1 Å². The highest BCUT2D eigenvalue weighted by Crippen LogP contribution is 2.23. The maximum Gasteiger partial charge on any atom is 0.317 e. The van der Waals surface area contributed by atoms with Gasteiger partial charge in [-0.15, -0.1) is 11.3 Å². The van der Waals surface area contributed by atoms with Crippen LogP contribution in [-0.4, -0.2) is 33.1 Å². The van der Waals surface area contributed by atoms with Gasteiger partial charge in [0.2, 0.25) is 0 Å². The summed E-state index contributed by atoms with van der Waals surface area (Å²) < 4.78 is 1.97. The Morgan fingerprint density at radius 3 is 3.30 bits per heavy atom. The monoisotopic (exact) mass is 290 g/mol. The molecule has 1 atom stereocenters. The average Bonchev–Trinajstić information content (AvgIpc) is 3.07. The standard InChI is InChI=1S/C14H18N4OS/c1-11(8-17-6-4-15-10-17)16-14(19)18-5-2-13-12(9-18)3-7-20-13/h3-4,6-7,10-11H,2,5,8-9H2,1H3,(H,16,19). The summed E-state index contributed by atoms with van der Waals surface area (Å²) in [7, 11) is 0. The topological polar surface area (TPSA) is 50.2 Å². The molecule has 6 heteroatoms. The first kappa shape index (κ1) is 13.2. The highest BCUT2D eigenvalue weighted by Gasteiger charge is 2.22. The first-order chi connectivity index (χ1) is 9.72. The van der Waals surface area contributed by atoms with Crippen molar-refractivity contribution in [3.05, 3.63) is 40.6 Å². The summed E-state index contributed by atoms with van der Waals surface area (Å²) in [6, 6.07) is 2.23. The van der Waals surface area contributed by atoms with E-state index < -0.39 is 0 Å². The van der Waals surface area contributed by atoms with Crippen molar-refractivity contribution in [2.75, 3.05) is 6.54 Å². The van der Waals surface area contributed by atoms with Crippen LogP contribution < -0.4 is 5.32 Å². The van der Waals surface area contributed by atoms with E-state index in [1.807, 2.05) is 22.6 Å². The van der Waals surface area contributed by atoms with E-state index in [2.05, 4.69) is 21.7 Å². The first-order valence-electron chi connectivity index (χ1n) is 6.79. The van der Waals surface area contributed by atoms with Crippen molar-refractivity contribution in [2.45, 2.75) is 32.5 Å². The van der Waals surface area contributed by atoms with E-state index in [0.29, 0.717) is 0 Å². The molecule has 1 N–H and O–H groups in total. The molecule has 1 unspecified atom stereocenters. The highest BCUT2D eigenvalue weighted by atomic mass is 32.1. The van der Waals surface area contributed by atoms with E-state index in [1.54, 1.807) is 23.9 Å². The Balaban J connectivity index is 1.54. The minimum Gasteiger partial charge on any atom is -0.335 e. The lowest BCUT2D eigenvalue weighted by Gasteiger charge is -2.28. The molecule has 5 nitrogen and oxygen atoms in total. The van der Waals surface area contributed by atoms with Crippen LogP contribution in [0.2, 0.25) is 0 Å². The Kier molecular flexibility index (Phi) is 3.73. The van der Waals surface area contributed by atoms with Crippen molar-refractivity contribution in [2.24, 2.45) is 0 Å². The zero-order valence-electron chi connectivity index (χ0n) is 11.5. The molecular formula is C14H18N4OS. The SMILES string of the molecule is CC(Cn1ccnc1)NC(=O)N1CCc2sccc2C1. The fourth-order valence-corrected chi connectivity index (χ4v) is 3.37. The molecule has 0 bridgehead atoms. The van der Waals surface area contributed by atoms with Gasteiger partial charge in [-0.25, -0.2) is 9.78 Å². The molecule has 3 heterocycles. The average molecular weight is 290 g/mol. The number of nitrogens with zero attached hydrogens (tertiary/aromatic N) is 3. The Morgan fingerprint density at radius 2 is 2.50 bits per heavy atom. The number of imidazole rings is 1. The summed E-state index contributed by atoms with van der Waals surface area (Å²) >= 11 is 1.79. The van der Waals surface area contributed by atoms with Gasteiger partial charge >= 0.3 is 6.03 Å². The van der Waals surface area contributed by atoms with E-state index in [4.69, 9.17) is 0 Å². The third-order valence-electron chi connectivity index (χ3n) is 3.51. The molecule has 20 heavy (non-hydrogen) atoms. The van der Waals surface area contributed by atoms with Crippen LogP contribution in [-0.2, 0) is 19.5 Å². The maximum atomic E-state index is 12.3. The van der Waals surface area contributed by atoms with Crippen molar-refractivity contribution >= 4 is 17.4 Å². The molecule has 2 amide bonds. The molecule has 2 aromatic rings. The van der Waals surface area contributed by atoms with Crippen LogP contribution in [0.25, 0.3) is 0 Å². The second-order valence-electron chi connectivity index (χ2n) is 5.15. The quantitative estimate of drug-likeness (QED) is 0.941. The van der Waals surface area contributed by atoms with Gasteiger partial charge in [-0.3, -0.25) is 0 Å². The largest absolute Gasteiger partial charge is 0.335 e. The van der Waals surface area contributed by atoms with Gasteiger partial charge < -0.3 is 14.8 Å². The number of thiophene rings is 1. The molecule has 106 valence electrons. The van der Waals surface area contributed by atoms with Crippen LogP contribution in [0.4, 0.5) is 4.79 Å². The third-order valence-corrected chi connectivity index (χ3v) is 4.53. The van der Waals surface area contributed by atoms with Crippen LogP contribution in [0.5, 0.6) is 0 Å². The van der Waals surface area contributed by atoms with Gasteiger partial charge in [0.15, 0.2) is 0 Å². The molecule has 1 aliphatic rings. The molecule has 0 radical (unpaired) electrons. The zero-order valence-corrected chi connectivity index (χ0v) is 12.3.